The molecule has 9 heteroatoms. The number of halogens is 2. The van der Waals surface area contributed by atoms with Crippen molar-refractivity contribution in [3.8, 4) is 5.75 Å². The van der Waals surface area contributed by atoms with Gasteiger partial charge in [-0.1, -0.05) is 12.7 Å². The highest BCUT2D eigenvalue weighted by Crippen LogP contribution is 2.35. The first-order chi connectivity index (χ1) is 12.8. The first-order valence-corrected chi connectivity index (χ1v) is 10.9. The van der Waals surface area contributed by atoms with Crippen LogP contribution in [0.1, 0.15) is 19.4 Å². The van der Waals surface area contributed by atoms with Crippen molar-refractivity contribution in [2.24, 2.45) is 0 Å². The fourth-order valence-corrected chi connectivity index (χ4v) is 5.31. The Morgan fingerprint density at radius 3 is 2.52 bits per heavy atom. The first-order valence-electron chi connectivity index (χ1n) is 7.96. The molecule has 2 rings (SSSR count). The Hall–Kier alpha value is -1.08. The molecule has 0 bridgehead atoms. The molecule has 1 aromatic carbocycles. The van der Waals surface area contributed by atoms with Crippen molar-refractivity contribution in [2.45, 2.75) is 19.9 Å². The Bertz CT molecular complexity index is 801. The van der Waals surface area contributed by atoms with E-state index in [4.69, 9.17) is 9.47 Å². The van der Waals surface area contributed by atoms with E-state index >= 15 is 0 Å². The molecule has 27 heavy (non-hydrogen) atoms. The van der Waals surface area contributed by atoms with Crippen LogP contribution >= 0.6 is 56.9 Å². The average Bonchev–Trinajstić information content (AvgIpc) is 2.87. The van der Waals surface area contributed by atoms with Crippen LogP contribution in [0.4, 0.5) is 4.79 Å². The van der Waals surface area contributed by atoms with Crippen LogP contribution in [-0.4, -0.2) is 41.3 Å². The number of esters is 1. The molecular formula is C18H17I2NO5S. The predicted molar refractivity (Wildman–Crippen MR) is 121 cm³/mol. The smallest absolute Gasteiger partial charge is 0.329 e. The van der Waals surface area contributed by atoms with E-state index in [9.17, 15) is 14.4 Å². The van der Waals surface area contributed by atoms with Crippen LogP contribution in [0.15, 0.2) is 29.7 Å². The maximum Gasteiger partial charge on any atom is 0.329 e. The zero-order valence-electron chi connectivity index (χ0n) is 14.7. The number of hydrogen-bond donors (Lipinski definition) is 0. The Labute approximate surface area is 189 Å². The molecule has 1 heterocycles. The Morgan fingerprint density at radius 1 is 1.33 bits per heavy atom. The van der Waals surface area contributed by atoms with Crippen molar-refractivity contribution in [1.29, 1.82) is 0 Å². The number of benzene rings is 1. The lowest BCUT2D eigenvalue weighted by Gasteiger charge is -2.19. The zero-order chi connectivity index (χ0) is 20.1. The maximum absolute atomic E-state index is 12.6. The number of carbonyl (C=O) groups is 3. The fraction of sp³-hybridized carbons (Fsp3) is 0.278. The van der Waals surface area contributed by atoms with Gasteiger partial charge in [-0.15, -0.1) is 0 Å². The number of nitrogens with zero attached hydrogens (tertiary/aromatic N) is 1. The summed E-state index contributed by atoms with van der Waals surface area (Å²) < 4.78 is 12.3. The lowest BCUT2D eigenvalue weighted by molar-refractivity contribution is -0.150. The third-order valence-corrected chi connectivity index (χ3v) is 5.99. The van der Waals surface area contributed by atoms with Crippen molar-refractivity contribution >= 4 is 80.1 Å². The van der Waals surface area contributed by atoms with E-state index in [0.717, 1.165) is 35.1 Å². The standard InChI is InChI=1S/C18H17I2NO5S/c1-4-6-26-15-12(19)7-11(8-13(15)20)9-14-16(22)21(18(24)27-14)10(3)17(23)25-5-2/h4,7-10H,1,5-6H2,2-3H3/b14-9+/t10-/m0/s1. The summed E-state index contributed by atoms with van der Waals surface area (Å²) in [5, 5.41) is -0.484. The Morgan fingerprint density at radius 2 is 1.96 bits per heavy atom. The van der Waals surface area contributed by atoms with Gasteiger partial charge in [0.2, 0.25) is 0 Å². The molecule has 1 aliphatic heterocycles. The molecule has 1 aromatic rings. The minimum atomic E-state index is -0.960. The van der Waals surface area contributed by atoms with Crippen LogP contribution in [0.3, 0.4) is 0 Å². The van der Waals surface area contributed by atoms with Gasteiger partial charge in [-0.3, -0.25) is 14.5 Å². The second-order valence-corrected chi connectivity index (χ2v) is 8.71. The Kier molecular flexibility index (Phi) is 8.16. The van der Waals surface area contributed by atoms with Gasteiger partial charge >= 0.3 is 5.97 Å². The van der Waals surface area contributed by atoms with Crippen LogP contribution in [0.5, 0.6) is 5.75 Å². The van der Waals surface area contributed by atoms with Gasteiger partial charge in [-0.25, -0.2) is 4.79 Å². The summed E-state index contributed by atoms with van der Waals surface area (Å²) in [5.74, 6) is -0.353. The summed E-state index contributed by atoms with van der Waals surface area (Å²) in [6.45, 7) is 7.37. The molecule has 0 N–H and O–H groups in total. The van der Waals surface area contributed by atoms with E-state index < -0.39 is 23.2 Å². The van der Waals surface area contributed by atoms with Crippen molar-refractivity contribution < 1.29 is 23.9 Å². The van der Waals surface area contributed by atoms with Gasteiger partial charge in [0.1, 0.15) is 18.4 Å². The summed E-state index contributed by atoms with van der Waals surface area (Å²) in [6.07, 6.45) is 3.31. The number of ether oxygens (including phenoxy) is 2. The highest BCUT2D eigenvalue weighted by atomic mass is 127. The molecule has 6 nitrogen and oxygen atoms in total. The van der Waals surface area contributed by atoms with Gasteiger partial charge in [0, 0.05) is 0 Å². The molecule has 0 radical (unpaired) electrons. The molecule has 144 valence electrons. The lowest BCUT2D eigenvalue weighted by Crippen LogP contribution is -2.42. The van der Waals surface area contributed by atoms with E-state index in [0.29, 0.717) is 6.61 Å². The van der Waals surface area contributed by atoms with Crippen LogP contribution in [0, 0.1) is 7.14 Å². The van der Waals surface area contributed by atoms with Gasteiger partial charge in [0.15, 0.2) is 0 Å². The summed E-state index contributed by atoms with van der Waals surface area (Å²) in [4.78, 5) is 37.9. The van der Waals surface area contributed by atoms with Crippen LogP contribution in [0.2, 0.25) is 0 Å². The normalized spacial score (nSPS) is 16.6. The number of thioether (sulfide) groups is 1. The average molecular weight is 613 g/mol. The molecule has 1 aliphatic rings. The number of hydrogen-bond acceptors (Lipinski definition) is 6. The first kappa shape index (κ1) is 22.2. The van der Waals surface area contributed by atoms with Crippen LogP contribution < -0.4 is 4.74 Å². The molecule has 0 saturated carbocycles. The van der Waals surface area contributed by atoms with E-state index in [-0.39, 0.29) is 11.5 Å². The lowest BCUT2D eigenvalue weighted by atomic mass is 10.2. The largest absolute Gasteiger partial charge is 0.487 e. The van der Waals surface area contributed by atoms with Crippen molar-refractivity contribution in [2.75, 3.05) is 13.2 Å². The minimum Gasteiger partial charge on any atom is -0.487 e. The van der Waals surface area contributed by atoms with Crippen LogP contribution in [-0.2, 0) is 14.3 Å². The number of amides is 2. The highest BCUT2D eigenvalue weighted by molar-refractivity contribution is 14.1. The SMILES string of the molecule is C=CCOc1c(I)cc(/C=C2/SC(=O)N([C@@H](C)C(=O)OCC)C2=O)cc1I. The molecule has 2 amide bonds. The van der Waals surface area contributed by atoms with E-state index in [1.165, 1.54) is 6.92 Å². The maximum atomic E-state index is 12.6. The van der Waals surface area contributed by atoms with E-state index in [2.05, 4.69) is 51.8 Å². The quantitative estimate of drug-likeness (QED) is 0.196. The fourth-order valence-electron chi connectivity index (χ4n) is 2.28. The van der Waals surface area contributed by atoms with Crippen molar-refractivity contribution in [3.63, 3.8) is 0 Å². The minimum absolute atomic E-state index is 0.187. The molecule has 1 fully saturated rings. The van der Waals surface area contributed by atoms with Gasteiger partial charge < -0.3 is 9.47 Å². The summed E-state index contributed by atoms with van der Waals surface area (Å²) in [7, 11) is 0. The van der Waals surface area contributed by atoms with Crippen molar-refractivity contribution in [1.82, 2.24) is 4.90 Å². The summed E-state index contributed by atoms with van der Waals surface area (Å²) in [6, 6.07) is 2.77. The predicted octanol–water partition coefficient (Wildman–Crippen LogP) is 4.45. The highest BCUT2D eigenvalue weighted by Gasteiger charge is 2.41. The number of carbonyl (C=O) groups excluding carboxylic acids is 3. The van der Waals surface area contributed by atoms with E-state index in [1.54, 1.807) is 19.1 Å². The van der Waals surface area contributed by atoms with Crippen molar-refractivity contribution in [3.05, 3.63) is 42.4 Å². The van der Waals surface area contributed by atoms with Gasteiger partial charge in [-0.05, 0) is 94.6 Å². The second-order valence-electron chi connectivity index (χ2n) is 5.39. The summed E-state index contributed by atoms with van der Waals surface area (Å²) in [5.41, 5.74) is 0.768. The molecular weight excluding hydrogens is 596 g/mol. The third-order valence-electron chi connectivity index (χ3n) is 3.50. The molecule has 0 aromatic heterocycles. The molecule has 0 unspecified atom stereocenters. The molecule has 0 spiro atoms. The Balaban J connectivity index is 2.27. The number of imide groups is 1. The second kappa shape index (κ2) is 9.92. The van der Waals surface area contributed by atoms with Gasteiger partial charge in [0.25, 0.3) is 11.1 Å². The third kappa shape index (κ3) is 5.25. The zero-order valence-corrected chi connectivity index (χ0v) is 19.8. The topological polar surface area (TPSA) is 72.9 Å². The number of rotatable bonds is 7. The van der Waals surface area contributed by atoms with Crippen LogP contribution in [0.25, 0.3) is 6.08 Å². The van der Waals surface area contributed by atoms with Gasteiger partial charge in [-0.2, -0.15) is 0 Å². The monoisotopic (exact) mass is 613 g/mol. The van der Waals surface area contributed by atoms with Gasteiger partial charge in [0.05, 0.1) is 18.7 Å². The molecule has 0 aliphatic carbocycles. The summed E-state index contributed by atoms with van der Waals surface area (Å²) >= 11 is 5.12. The molecule has 1 atom stereocenters. The molecule has 1 saturated heterocycles. The van der Waals surface area contributed by atoms with E-state index in [1.807, 2.05) is 12.1 Å².